The first-order chi connectivity index (χ1) is 15.9. The molecule has 1 amide bonds. The van der Waals surface area contributed by atoms with Crippen molar-refractivity contribution >= 4 is 34.8 Å². The molecular formula is C22H22N6O3S2. The van der Waals surface area contributed by atoms with E-state index in [1.807, 2.05) is 42.9 Å². The van der Waals surface area contributed by atoms with Gasteiger partial charge in [-0.3, -0.25) is 4.79 Å². The van der Waals surface area contributed by atoms with Crippen molar-refractivity contribution in [2.24, 2.45) is 0 Å². The van der Waals surface area contributed by atoms with E-state index in [1.54, 1.807) is 17.6 Å². The van der Waals surface area contributed by atoms with Crippen molar-refractivity contribution in [3.05, 3.63) is 62.9 Å². The number of nitrogens with zero attached hydrogens (tertiary/aromatic N) is 5. The second-order valence-electron chi connectivity index (χ2n) is 7.35. The van der Waals surface area contributed by atoms with Crippen molar-refractivity contribution in [1.82, 2.24) is 19.7 Å². The number of carbonyl (C=O) groups is 1. The van der Waals surface area contributed by atoms with Crippen LogP contribution in [-0.4, -0.2) is 31.4 Å². The zero-order chi connectivity index (χ0) is 23.4. The van der Waals surface area contributed by atoms with Crippen molar-refractivity contribution in [3.63, 3.8) is 0 Å². The molecule has 0 aliphatic rings. The molecule has 33 heavy (non-hydrogen) atoms. The number of amides is 1. The van der Waals surface area contributed by atoms with Crippen LogP contribution in [0.15, 0.2) is 37.8 Å². The standard InChI is InChI=1S/C22H22N6O3S2/c1-13-14(2)28(11-17-5-4-7-30-17)21(18(13)10-23)25-19(29)6-8-32-22-27-26-20(31-22)9-16-12-33-15(3)24-16/h4-5,7,12H,6,8-9,11H2,1-3H3,(H,25,29). The molecule has 11 heteroatoms. The van der Waals surface area contributed by atoms with Crippen LogP contribution in [-0.2, 0) is 17.8 Å². The van der Waals surface area contributed by atoms with Gasteiger partial charge in [-0.15, -0.1) is 21.5 Å². The second kappa shape index (κ2) is 10.1. The maximum absolute atomic E-state index is 12.7. The number of aryl methyl sites for hydroxylation is 1. The summed E-state index contributed by atoms with van der Waals surface area (Å²) in [6.45, 7) is 6.17. The van der Waals surface area contributed by atoms with Crippen molar-refractivity contribution < 1.29 is 13.6 Å². The number of nitriles is 1. The molecule has 4 aromatic rings. The second-order valence-corrected chi connectivity index (χ2v) is 9.46. The van der Waals surface area contributed by atoms with E-state index in [-0.39, 0.29) is 12.3 Å². The summed E-state index contributed by atoms with van der Waals surface area (Å²) in [5.74, 6) is 1.98. The lowest BCUT2D eigenvalue weighted by Gasteiger charge is -2.11. The highest BCUT2D eigenvalue weighted by Crippen LogP contribution is 2.28. The van der Waals surface area contributed by atoms with Crippen molar-refractivity contribution in [3.8, 4) is 6.07 Å². The zero-order valence-corrected chi connectivity index (χ0v) is 20.0. The number of nitrogens with one attached hydrogen (secondary N) is 1. The molecule has 0 atom stereocenters. The van der Waals surface area contributed by atoms with E-state index in [9.17, 15) is 10.1 Å². The molecule has 4 rings (SSSR count). The Bertz CT molecular complexity index is 1300. The molecule has 0 aliphatic carbocycles. The van der Waals surface area contributed by atoms with Gasteiger partial charge >= 0.3 is 0 Å². The van der Waals surface area contributed by atoms with Gasteiger partial charge < -0.3 is 18.7 Å². The molecule has 1 N–H and O–H groups in total. The molecule has 0 fully saturated rings. The van der Waals surface area contributed by atoms with Crippen LogP contribution in [0.1, 0.15) is 45.6 Å². The molecule has 0 spiro atoms. The third-order valence-corrected chi connectivity index (χ3v) is 6.74. The topological polar surface area (TPSA) is 123 Å². The van der Waals surface area contributed by atoms with E-state index in [0.29, 0.717) is 41.2 Å². The van der Waals surface area contributed by atoms with Crippen LogP contribution in [0.3, 0.4) is 0 Å². The fourth-order valence-electron chi connectivity index (χ4n) is 3.32. The Morgan fingerprint density at radius 1 is 1.33 bits per heavy atom. The molecule has 0 saturated heterocycles. The van der Waals surface area contributed by atoms with Gasteiger partial charge in [-0.1, -0.05) is 11.8 Å². The van der Waals surface area contributed by atoms with E-state index < -0.39 is 0 Å². The zero-order valence-electron chi connectivity index (χ0n) is 18.4. The number of carbonyl (C=O) groups excluding carboxylic acids is 1. The molecule has 9 nitrogen and oxygen atoms in total. The molecule has 0 bridgehead atoms. The van der Waals surface area contributed by atoms with Crippen molar-refractivity contribution in [2.45, 2.75) is 45.4 Å². The number of anilines is 1. The minimum absolute atomic E-state index is 0.199. The molecule has 170 valence electrons. The van der Waals surface area contributed by atoms with Gasteiger partial charge in [0, 0.05) is 23.2 Å². The Morgan fingerprint density at radius 2 is 2.18 bits per heavy atom. The van der Waals surface area contributed by atoms with E-state index in [1.165, 1.54) is 11.8 Å². The fraction of sp³-hybridized carbons (Fsp3) is 0.318. The maximum Gasteiger partial charge on any atom is 0.276 e. The Kier molecular flexibility index (Phi) is 6.96. The van der Waals surface area contributed by atoms with Crippen molar-refractivity contribution in [2.75, 3.05) is 11.1 Å². The van der Waals surface area contributed by atoms with Crippen LogP contribution < -0.4 is 5.32 Å². The molecule has 4 heterocycles. The summed E-state index contributed by atoms with van der Waals surface area (Å²) in [6.07, 6.45) is 2.31. The van der Waals surface area contributed by atoms with Gasteiger partial charge in [-0.2, -0.15) is 5.26 Å². The average Bonchev–Trinajstić information content (AvgIpc) is 3.57. The highest BCUT2D eigenvalue weighted by Gasteiger charge is 2.20. The number of furan rings is 1. The van der Waals surface area contributed by atoms with Gasteiger partial charge in [0.15, 0.2) is 0 Å². The summed E-state index contributed by atoms with van der Waals surface area (Å²) in [6, 6.07) is 5.87. The summed E-state index contributed by atoms with van der Waals surface area (Å²) in [5, 5.41) is 24.0. The van der Waals surface area contributed by atoms with E-state index in [4.69, 9.17) is 8.83 Å². The minimum Gasteiger partial charge on any atom is -0.467 e. The lowest BCUT2D eigenvalue weighted by molar-refractivity contribution is -0.115. The third-order valence-electron chi connectivity index (χ3n) is 5.09. The molecule has 0 aliphatic heterocycles. The van der Waals surface area contributed by atoms with Gasteiger partial charge in [0.25, 0.3) is 5.22 Å². The predicted octanol–water partition coefficient (Wildman–Crippen LogP) is 4.48. The number of hydrogen-bond acceptors (Lipinski definition) is 9. The average molecular weight is 483 g/mol. The van der Waals surface area contributed by atoms with Crippen LogP contribution in [0.4, 0.5) is 5.82 Å². The third kappa shape index (κ3) is 5.35. The largest absolute Gasteiger partial charge is 0.467 e. The normalized spacial score (nSPS) is 11.0. The summed E-state index contributed by atoms with van der Waals surface area (Å²) >= 11 is 2.89. The first-order valence-corrected chi connectivity index (χ1v) is 12.1. The van der Waals surface area contributed by atoms with Crippen LogP contribution >= 0.6 is 23.1 Å². The van der Waals surface area contributed by atoms with Gasteiger partial charge in [-0.05, 0) is 38.5 Å². The quantitative estimate of drug-likeness (QED) is 0.347. The SMILES string of the molecule is Cc1nc(Cc2nnc(SCCC(=O)Nc3c(C#N)c(C)c(C)n3Cc3ccco3)o2)cs1. The first-order valence-electron chi connectivity index (χ1n) is 10.2. The van der Waals surface area contributed by atoms with Gasteiger partial charge in [-0.25, -0.2) is 4.98 Å². The van der Waals surface area contributed by atoms with E-state index >= 15 is 0 Å². The van der Waals surface area contributed by atoms with E-state index in [0.717, 1.165) is 27.7 Å². The number of rotatable bonds is 9. The molecule has 4 aromatic heterocycles. The smallest absolute Gasteiger partial charge is 0.276 e. The lowest BCUT2D eigenvalue weighted by Crippen LogP contribution is -2.17. The summed E-state index contributed by atoms with van der Waals surface area (Å²) in [7, 11) is 0. The van der Waals surface area contributed by atoms with E-state index in [2.05, 4.69) is 26.6 Å². The lowest BCUT2D eigenvalue weighted by atomic mass is 10.2. The number of hydrogen-bond donors (Lipinski definition) is 1. The molecule has 0 aromatic carbocycles. The monoisotopic (exact) mass is 482 g/mol. The Balaban J connectivity index is 1.35. The maximum atomic E-state index is 12.7. The van der Waals surface area contributed by atoms with Crippen molar-refractivity contribution in [1.29, 1.82) is 5.26 Å². The molecular weight excluding hydrogens is 460 g/mol. The highest BCUT2D eigenvalue weighted by atomic mass is 32.2. The van der Waals surface area contributed by atoms with Crippen LogP contribution in [0.5, 0.6) is 0 Å². The number of thiazole rings is 1. The molecule has 0 saturated carbocycles. The highest BCUT2D eigenvalue weighted by molar-refractivity contribution is 7.99. The summed E-state index contributed by atoms with van der Waals surface area (Å²) < 4.78 is 13.0. The Hall–Kier alpha value is -3.36. The molecule has 0 radical (unpaired) electrons. The van der Waals surface area contributed by atoms with Gasteiger partial charge in [0.1, 0.15) is 17.6 Å². The minimum atomic E-state index is -0.199. The fourth-order valence-corrected chi connectivity index (χ4v) is 4.65. The molecule has 0 unspecified atom stereocenters. The number of aromatic nitrogens is 4. The summed E-state index contributed by atoms with van der Waals surface area (Å²) in [5.41, 5.74) is 3.09. The van der Waals surface area contributed by atoms with Crippen LogP contribution in [0.25, 0.3) is 0 Å². The number of thioether (sulfide) groups is 1. The predicted molar refractivity (Wildman–Crippen MR) is 124 cm³/mol. The summed E-state index contributed by atoms with van der Waals surface area (Å²) in [4.78, 5) is 17.0. The van der Waals surface area contributed by atoms with Gasteiger partial charge in [0.05, 0.1) is 35.5 Å². The van der Waals surface area contributed by atoms with Crippen LogP contribution in [0, 0.1) is 32.1 Å². The van der Waals surface area contributed by atoms with Gasteiger partial charge in [0.2, 0.25) is 11.8 Å². The Labute approximate surface area is 198 Å². The van der Waals surface area contributed by atoms with Crippen LogP contribution in [0.2, 0.25) is 0 Å². The Morgan fingerprint density at radius 3 is 2.88 bits per heavy atom. The first kappa shape index (κ1) is 22.8.